The van der Waals surface area contributed by atoms with Gasteiger partial charge < -0.3 is 5.73 Å². The molecule has 2 heterocycles. The molecule has 0 saturated carbocycles. The van der Waals surface area contributed by atoms with Crippen LogP contribution in [0.1, 0.15) is 12.8 Å². The van der Waals surface area contributed by atoms with Crippen molar-refractivity contribution in [1.82, 2.24) is 9.80 Å². The molecule has 2 rings (SSSR count). The summed E-state index contributed by atoms with van der Waals surface area (Å²) in [6.07, 6.45) is 5.47. The SMILES string of the molecule is C=CCC12N=C(CC=CN)N=C1C(=O)N(C)C(=O)N2C. The quantitative estimate of drug-likeness (QED) is 0.757. The highest BCUT2D eigenvalue weighted by atomic mass is 16.2. The highest BCUT2D eigenvalue weighted by Crippen LogP contribution is 2.33. The fourth-order valence-electron chi connectivity index (χ4n) is 2.34. The fourth-order valence-corrected chi connectivity index (χ4v) is 2.34. The van der Waals surface area contributed by atoms with E-state index in [9.17, 15) is 9.59 Å². The average Bonchev–Trinajstić information content (AvgIpc) is 2.81. The number of nitrogens with zero attached hydrogens (tertiary/aromatic N) is 4. The summed E-state index contributed by atoms with van der Waals surface area (Å²) in [6, 6.07) is -0.407. The topological polar surface area (TPSA) is 91.4 Å². The molecule has 106 valence electrons. The van der Waals surface area contributed by atoms with Crippen molar-refractivity contribution in [2.45, 2.75) is 18.5 Å². The lowest BCUT2D eigenvalue weighted by atomic mass is 9.95. The summed E-state index contributed by atoms with van der Waals surface area (Å²) < 4.78 is 0. The second kappa shape index (κ2) is 4.92. The molecule has 1 saturated heterocycles. The summed E-state index contributed by atoms with van der Waals surface area (Å²) in [5, 5.41) is 0. The second-order valence-corrected chi connectivity index (χ2v) is 4.64. The summed E-state index contributed by atoms with van der Waals surface area (Å²) >= 11 is 0. The van der Waals surface area contributed by atoms with Crippen molar-refractivity contribution in [3.05, 3.63) is 24.9 Å². The summed E-state index contributed by atoms with van der Waals surface area (Å²) in [5.74, 6) is 0.0530. The Morgan fingerprint density at radius 2 is 2.10 bits per heavy atom. The van der Waals surface area contributed by atoms with Gasteiger partial charge in [-0.05, 0) is 6.20 Å². The van der Waals surface area contributed by atoms with Gasteiger partial charge in [-0.25, -0.2) is 14.8 Å². The van der Waals surface area contributed by atoms with Gasteiger partial charge in [-0.1, -0.05) is 12.2 Å². The first kappa shape index (κ1) is 14.0. The molecule has 7 heteroatoms. The van der Waals surface area contributed by atoms with E-state index in [0.717, 1.165) is 4.90 Å². The van der Waals surface area contributed by atoms with E-state index in [1.165, 1.54) is 18.1 Å². The summed E-state index contributed by atoms with van der Waals surface area (Å²) in [4.78, 5) is 35.6. The van der Waals surface area contributed by atoms with E-state index in [2.05, 4.69) is 16.6 Å². The first-order valence-corrected chi connectivity index (χ1v) is 6.19. The molecular formula is C13H17N5O2. The molecule has 1 fully saturated rings. The van der Waals surface area contributed by atoms with E-state index in [1.54, 1.807) is 19.2 Å². The van der Waals surface area contributed by atoms with Crippen LogP contribution in [0.3, 0.4) is 0 Å². The van der Waals surface area contributed by atoms with Gasteiger partial charge in [-0.2, -0.15) is 0 Å². The minimum Gasteiger partial charge on any atom is -0.405 e. The molecule has 0 aromatic heterocycles. The van der Waals surface area contributed by atoms with E-state index in [1.807, 2.05) is 0 Å². The normalized spacial score (nSPS) is 25.9. The molecule has 3 amide bonds. The maximum absolute atomic E-state index is 12.3. The molecule has 20 heavy (non-hydrogen) atoms. The minimum absolute atomic E-state index is 0.252. The Morgan fingerprint density at radius 3 is 2.70 bits per heavy atom. The molecule has 1 atom stereocenters. The number of aliphatic imine (C=N–C) groups is 2. The molecule has 2 aliphatic rings. The van der Waals surface area contributed by atoms with Gasteiger partial charge in [0.2, 0.25) is 0 Å². The standard InChI is InChI=1S/C13H17N5O2/c1-4-7-13-10(15-9(16-13)6-5-8-14)11(19)17(2)12(20)18(13)3/h4-5,8H,1,6-7,14H2,2-3H3. The molecule has 0 aromatic rings. The summed E-state index contributed by atoms with van der Waals surface area (Å²) in [6.45, 7) is 3.68. The highest BCUT2D eigenvalue weighted by molar-refractivity contribution is 6.48. The molecule has 0 bridgehead atoms. The second-order valence-electron chi connectivity index (χ2n) is 4.64. The van der Waals surface area contributed by atoms with Crippen LogP contribution in [0.15, 0.2) is 34.9 Å². The Hall–Kier alpha value is -2.44. The third-order valence-electron chi connectivity index (χ3n) is 3.44. The molecule has 7 nitrogen and oxygen atoms in total. The van der Waals surface area contributed by atoms with E-state index in [4.69, 9.17) is 5.73 Å². The molecule has 0 radical (unpaired) electrons. The molecule has 1 unspecified atom stereocenters. The third kappa shape index (κ3) is 1.82. The van der Waals surface area contributed by atoms with Crippen LogP contribution in [0.25, 0.3) is 0 Å². The molecular weight excluding hydrogens is 258 g/mol. The van der Waals surface area contributed by atoms with Gasteiger partial charge in [0, 0.05) is 26.9 Å². The van der Waals surface area contributed by atoms with Crippen LogP contribution < -0.4 is 5.73 Å². The zero-order valence-electron chi connectivity index (χ0n) is 11.5. The Balaban J connectivity index is 2.51. The average molecular weight is 275 g/mol. The number of hydrogen-bond donors (Lipinski definition) is 1. The maximum atomic E-state index is 12.3. The number of carbonyl (C=O) groups is 2. The number of fused-ring (bicyclic) bond motifs is 1. The summed E-state index contributed by atoms with van der Waals surface area (Å²) in [7, 11) is 3.04. The Kier molecular flexibility index (Phi) is 3.44. The highest BCUT2D eigenvalue weighted by Gasteiger charge is 2.54. The van der Waals surface area contributed by atoms with E-state index < -0.39 is 17.6 Å². The van der Waals surface area contributed by atoms with Crippen LogP contribution in [-0.4, -0.2) is 53.0 Å². The number of carbonyl (C=O) groups excluding carboxylic acids is 2. The maximum Gasteiger partial charge on any atom is 0.328 e. The van der Waals surface area contributed by atoms with E-state index in [0.29, 0.717) is 18.7 Å². The smallest absolute Gasteiger partial charge is 0.328 e. The van der Waals surface area contributed by atoms with Crippen molar-refractivity contribution in [3.63, 3.8) is 0 Å². The van der Waals surface area contributed by atoms with Crippen molar-refractivity contribution < 1.29 is 9.59 Å². The van der Waals surface area contributed by atoms with Gasteiger partial charge in [0.25, 0.3) is 5.91 Å². The lowest BCUT2D eigenvalue weighted by Gasteiger charge is -2.42. The molecule has 0 spiro atoms. The van der Waals surface area contributed by atoms with Gasteiger partial charge in [0.15, 0.2) is 11.4 Å². The Labute approximate surface area is 117 Å². The lowest BCUT2D eigenvalue weighted by molar-refractivity contribution is -0.122. The van der Waals surface area contributed by atoms with Gasteiger partial charge in [-0.15, -0.1) is 6.58 Å². The zero-order valence-corrected chi connectivity index (χ0v) is 11.5. The number of nitrogens with two attached hydrogens (primary N) is 1. The largest absolute Gasteiger partial charge is 0.405 e. The van der Waals surface area contributed by atoms with Crippen LogP contribution in [0.2, 0.25) is 0 Å². The molecule has 2 N–H and O–H groups in total. The Morgan fingerprint density at radius 1 is 1.40 bits per heavy atom. The van der Waals surface area contributed by atoms with Crippen molar-refractivity contribution in [2.24, 2.45) is 15.7 Å². The van der Waals surface area contributed by atoms with Crippen molar-refractivity contribution in [3.8, 4) is 0 Å². The third-order valence-corrected chi connectivity index (χ3v) is 3.44. The first-order valence-electron chi connectivity index (χ1n) is 6.19. The van der Waals surface area contributed by atoms with Crippen LogP contribution >= 0.6 is 0 Å². The lowest BCUT2D eigenvalue weighted by Crippen LogP contribution is -2.65. The predicted octanol–water partition coefficient (Wildman–Crippen LogP) is 0.498. The number of imide groups is 1. The van der Waals surface area contributed by atoms with Gasteiger partial charge in [0.1, 0.15) is 5.84 Å². The molecule has 0 aliphatic carbocycles. The number of amides is 3. The molecule has 2 aliphatic heterocycles. The minimum atomic E-state index is -1.07. The van der Waals surface area contributed by atoms with Gasteiger partial charge >= 0.3 is 6.03 Å². The number of hydrogen-bond acceptors (Lipinski definition) is 5. The van der Waals surface area contributed by atoms with Crippen LogP contribution in [0, 0.1) is 0 Å². The van der Waals surface area contributed by atoms with Gasteiger partial charge in [0.05, 0.1) is 0 Å². The van der Waals surface area contributed by atoms with Crippen molar-refractivity contribution >= 4 is 23.5 Å². The number of amidine groups is 1. The van der Waals surface area contributed by atoms with Crippen molar-refractivity contribution in [2.75, 3.05) is 14.1 Å². The zero-order chi connectivity index (χ0) is 14.9. The monoisotopic (exact) mass is 275 g/mol. The predicted molar refractivity (Wildman–Crippen MR) is 76.3 cm³/mol. The van der Waals surface area contributed by atoms with Crippen molar-refractivity contribution in [1.29, 1.82) is 0 Å². The molecule has 0 aromatic carbocycles. The fraction of sp³-hybridized carbons (Fsp3) is 0.385. The van der Waals surface area contributed by atoms with E-state index in [-0.39, 0.29) is 5.71 Å². The Bertz CT molecular complexity index is 563. The summed E-state index contributed by atoms with van der Waals surface area (Å²) in [5.41, 5.74) is 4.49. The number of urea groups is 1. The first-order chi connectivity index (χ1) is 9.47. The van der Waals surface area contributed by atoms with Crippen LogP contribution in [0.5, 0.6) is 0 Å². The van der Waals surface area contributed by atoms with Crippen LogP contribution in [-0.2, 0) is 4.79 Å². The number of rotatable bonds is 4. The van der Waals surface area contributed by atoms with E-state index >= 15 is 0 Å². The van der Waals surface area contributed by atoms with Crippen LogP contribution in [0.4, 0.5) is 4.79 Å². The van der Waals surface area contributed by atoms with Gasteiger partial charge in [-0.3, -0.25) is 14.6 Å².